The molecule has 16 rings (SSSR count). The second-order valence-corrected chi connectivity index (χ2v) is 17.8. The van der Waals surface area contributed by atoms with E-state index < -0.39 is 0 Å². The van der Waals surface area contributed by atoms with Gasteiger partial charge in [0.05, 0.1) is 22.1 Å². The lowest BCUT2D eigenvalue weighted by Crippen LogP contribution is -2.28. The number of nitrogens with zero attached hydrogens (tertiary/aromatic N) is 2. The third-order valence-corrected chi connectivity index (χ3v) is 15.0. The lowest BCUT2D eigenvalue weighted by Gasteiger charge is -2.43. The van der Waals surface area contributed by atoms with Crippen LogP contribution in [-0.4, -0.2) is 9.13 Å². The van der Waals surface area contributed by atoms with Crippen molar-refractivity contribution < 1.29 is 4.42 Å². The van der Waals surface area contributed by atoms with Gasteiger partial charge in [0.2, 0.25) is 0 Å². The minimum atomic E-state index is 0.0608. The van der Waals surface area contributed by atoms with Crippen LogP contribution in [-0.2, 0) is 0 Å². The van der Waals surface area contributed by atoms with E-state index in [0.29, 0.717) is 0 Å². The van der Waals surface area contributed by atoms with Crippen LogP contribution in [0.3, 0.4) is 0 Å². The summed E-state index contributed by atoms with van der Waals surface area (Å²) in [5.74, 6) is 0.196. The second kappa shape index (κ2) is 11.2. The van der Waals surface area contributed by atoms with Crippen LogP contribution >= 0.6 is 11.3 Å². The molecule has 0 radical (unpaired) electrons. The van der Waals surface area contributed by atoms with Crippen LogP contribution in [0.2, 0.25) is 0 Å². The highest BCUT2D eigenvalue weighted by atomic mass is 32.1. The normalized spacial score (nSPS) is 15.7. The monoisotopic (exact) mass is 780 g/mol. The molecule has 278 valence electrons. The van der Waals surface area contributed by atoms with Gasteiger partial charge in [-0.1, -0.05) is 109 Å². The van der Waals surface area contributed by atoms with Crippen molar-refractivity contribution in [2.75, 3.05) is 0 Å². The maximum absolute atomic E-state index is 6.29. The van der Waals surface area contributed by atoms with Crippen molar-refractivity contribution in [2.45, 2.75) is 11.8 Å². The number of thiophene rings is 1. The van der Waals surface area contributed by atoms with Gasteiger partial charge in [-0.05, 0) is 106 Å². The van der Waals surface area contributed by atoms with Gasteiger partial charge >= 0.3 is 0 Å². The topological polar surface area (TPSA) is 23.0 Å². The molecule has 0 aliphatic heterocycles. The Morgan fingerprint density at radius 2 is 0.867 bits per heavy atom. The minimum Gasteiger partial charge on any atom is -0.456 e. The van der Waals surface area contributed by atoms with Gasteiger partial charge in [0.1, 0.15) is 11.2 Å². The highest BCUT2D eigenvalue weighted by molar-refractivity contribution is 7.25. The highest BCUT2D eigenvalue weighted by Gasteiger charge is 2.44. The van der Waals surface area contributed by atoms with E-state index in [9.17, 15) is 0 Å². The average molecular weight is 781 g/mol. The second-order valence-electron chi connectivity index (χ2n) is 16.7. The quantitative estimate of drug-likeness (QED) is 0.171. The Morgan fingerprint density at radius 3 is 1.57 bits per heavy atom. The molecule has 9 aromatic carbocycles. The molecule has 0 fully saturated rings. The molecule has 3 aliphatic carbocycles. The molecule has 0 amide bonds. The molecule has 0 saturated heterocycles. The van der Waals surface area contributed by atoms with Crippen LogP contribution in [0.4, 0.5) is 0 Å². The first-order valence-corrected chi connectivity index (χ1v) is 21.6. The summed E-state index contributed by atoms with van der Waals surface area (Å²) < 4.78 is 14.0. The number of benzene rings is 9. The van der Waals surface area contributed by atoms with Gasteiger partial charge < -0.3 is 13.6 Å². The van der Waals surface area contributed by atoms with E-state index in [4.69, 9.17) is 4.42 Å². The van der Waals surface area contributed by atoms with E-state index in [1.165, 1.54) is 103 Å². The first-order valence-electron chi connectivity index (χ1n) is 20.8. The SMILES string of the molecule is c1ccc2c(c1)C1c3ccc4c(c3C2c2c1ccc1c2c2ccccc2n1-c1ccc2sc3ccccc3c2c1)c1ccccc1n4-c1ccc2oc3ccccc3c2c1. The molecule has 2 bridgehead atoms. The summed E-state index contributed by atoms with van der Waals surface area (Å²) in [6.07, 6.45) is 0. The first kappa shape index (κ1) is 31.6. The molecule has 13 aromatic rings. The van der Waals surface area contributed by atoms with Crippen LogP contribution < -0.4 is 0 Å². The molecule has 0 saturated carbocycles. The zero-order chi connectivity index (χ0) is 38.8. The van der Waals surface area contributed by atoms with E-state index in [-0.39, 0.29) is 11.8 Å². The lowest BCUT2D eigenvalue weighted by molar-refractivity contribution is 0.669. The van der Waals surface area contributed by atoms with Gasteiger partial charge in [0, 0.05) is 75.7 Å². The van der Waals surface area contributed by atoms with Crippen molar-refractivity contribution in [1.82, 2.24) is 9.13 Å². The summed E-state index contributed by atoms with van der Waals surface area (Å²) in [6.45, 7) is 0. The Kier molecular flexibility index (Phi) is 5.89. The summed E-state index contributed by atoms with van der Waals surface area (Å²) in [5.41, 5.74) is 17.7. The van der Waals surface area contributed by atoms with Crippen molar-refractivity contribution in [1.29, 1.82) is 0 Å². The lowest BCUT2D eigenvalue weighted by atomic mass is 9.59. The summed E-state index contributed by atoms with van der Waals surface area (Å²) in [5, 5.41) is 10.2. The molecule has 2 unspecified atom stereocenters. The summed E-state index contributed by atoms with van der Waals surface area (Å²) in [6, 6.07) is 68.0. The number of hydrogen-bond acceptors (Lipinski definition) is 2. The molecule has 3 aliphatic rings. The van der Waals surface area contributed by atoms with Gasteiger partial charge in [0.25, 0.3) is 0 Å². The molecule has 0 spiro atoms. The molecule has 60 heavy (non-hydrogen) atoms. The van der Waals surface area contributed by atoms with Crippen LogP contribution in [0, 0.1) is 0 Å². The largest absolute Gasteiger partial charge is 0.456 e. The molecule has 3 nitrogen and oxygen atoms in total. The fourth-order valence-electron chi connectivity index (χ4n) is 11.6. The number of hydrogen-bond donors (Lipinski definition) is 0. The molecule has 0 N–H and O–H groups in total. The number of fused-ring (bicyclic) bond motifs is 12. The molecule has 4 heterocycles. The third-order valence-electron chi connectivity index (χ3n) is 13.9. The summed E-state index contributed by atoms with van der Waals surface area (Å²) in [7, 11) is 0. The zero-order valence-corrected chi connectivity index (χ0v) is 33.0. The van der Waals surface area contributed by atoms with Crippen molar-refractivity contribution in [3.63, 3.8) is 0 Å². The third kappa shape index (κ3) is 3.86. The molecule has 4 heteroatoms. The Morgan fingerprint density at radius 1 is 0.350 bits per heavy atom. The maximum atomic E-state index is 6.29. The van der Waals surface area contributed by atoms with Gasteiger partial charge in [-0.2, -0.15) is 0 Å². The predicted octanol–water partition coefficient (Wildman–Crippen LogP) is 15.1. The number of furan rings is 1. The average Bonchev–Trinajstić information content (AvgIpc) is 4.06. The van der Waals surface area contributed by atoms with Gasteiger partial charge in [-0.15, -0.1) is 11.3 Å². The predicted molar refractivity (Wildman–Crippen MR) is 250 cm³/mol. The molecule has 2 atom stereocenters. The van der Waals surface area contributed by atoms with Gasteiger partial charge in [-0.25, -0.2) is 0 Å². The number of rotatable bonds is 2. The van der Waals surface area contributed by atoms with Crippen molar-refractivity contribution in [3.8, 4) is 11.4 Å². The van der Waals surface area contributed by atoms with E-state index in [1.807, 2.05) is 17.4 Å². The Labute approximate surface area is 347 Å². The Bertz CT molecular complexity index is 3800. The zero-order valence-electron chi connectivity index (χ0n) is 32.2. The smallest absolute Gasteiger partial charge is 0.135 e. The molecular formula is C56H32N2OS. The van der Waals surface area contributed by atoms with Gasteiger partial charge in [-0.3, -0.25) is 0 Å². The van der Waals surface area contributed by atoms with Crippen molar-refractivity contribution in [3.05, 3.63) is 215 Å². The summed E-state index contributed by atoms with van der Waals surface area (Å²) >= 11 is 1.88. The van der Waals surface area contributed by atoms with Crippen LogP contribution in [0.25, 0.3) is 97.1 Å². The summed E-state index contributed by atoms with van der Waals surface area (Å²) in [4.78, 5) is 0. The van der Waals surface area contributed by atoms with Crippen LogP contribution in [0.15, 0.2) is 186 Å². The van der Waals surface area contributed by atoms with E-state index in [0.717, 1.165) is 27.6 Å². The Balaban J connectivity index is 1.03. The maximum Gasteiger partial charge on any atom is 0.135 e. The fourth-order valence-corrected chi connectivity index (χ4v) is 12.7. The van der Waals surface area contributed by atoms with E-state index in [1.54, 1.807) is 0 Å². The molecule has 4 aromatic heterocycles. The number of aromatic nitrogens is 2. The van der Waals surface area contributed by atoms with Crippen molar-refractivity contribution in [2.24, 2.45) is 0 Å². The Hall–Kier alpha value is -7.40. The first-order chi connectivity index (χ1) is 29.8. The molecular weight excluding hydrogens is 749 g/mol. The number of para-hydroxylation sites is 3. The van der Waals surface area contributed by atoms with E-state index >= 15 is 0 Å². The van der Waals surface area contributed by atoms with Gasteiger partial charge in [0.15, 0.2) is 0 Å². The van der Waals surface area contributed by atoms with E-state index in [2.05, 4.69) is 185 Å². The standard InChI is InChI=1S/C56H32N2OS/c1-2-14-36-35(13-1)51-39-23-25-45-52(37-15-3-7-17-43(37)57(45)31-21-27-48-41(29-31)33-11-5-9-19-47(33)59-48)55(39)54(36)56-40(51)24-26-46-53(56)38-16-4-8-18-44(38)58(46)32-22-28-50-42(30-32)34-12-6-10-20-49(34)60-50/h1-30,51,54H. The highest BCUT2D eigenvalue weighted by Crippen LogP contribution is 2.60. The van der Waals surface area contributed by atoms with Crippen LogP contribution in [0.5, 0.6) is 0 Å². The van der Waals surface area contributed by atoms with Crippen LogP contribution in [0.1, 0.15) is 45.2 Å². The van der Waals surface area contributed by atoms with Crippen molar-refractivity contribution >= 4 is 97.1 Å². The fraction of sp³-hybridized carbons (Fsp3) is 0.0357. The minimum absolute atomic E-state index is 0.0608.